The summed E-state index contributed by atoms with van der Waals surface area (Å²) in [6.07, 6.45) is 1.91. The number of thiazole rings is 1. The van der Waals surface area contributed by atoms with E-state index in [0.717, 1.165) is 0 Å². The molecule has 0 aliphatic rings. The molecule has 0 atom stereocenters. The zero-order chi connectivity index (χ0) is 10.9. The van der Waals surface area contributed by atoms with E-state index >= 15 is 0 Å². The van der Waals surface area contributed by atoms with Gasteiger partial charge in [0.15, 0.2) is 0 Å². The quantitative estimate of drug-likeness (QED) is 0.700. The van der Waals surface area contributed by atoms with E-state index in [4.69, 9.17) is 0 Å². The van der Waals surface area contributed by atoms with Crippen LogP contribution in [0, 0.1) is 0 Å². The van der Waals surface area contributed by atoms with Gasteiger partial charge in [0.05, 0.1) is 35.2 Å². The smallest absolute Gasteiger partial charge is 0.282 e. The molecule has 0 radical (unpaired) electrons. The maximum atomic E-state index is 3.84. The van der Waals surface area contributed by atoms with Crippen LogP contribution in [0.2, 0.25) is 0 Å². The van der Waals surface area contributed by atoms with E-state index in [2.05, 4.69) is 56.2 Å². The second-order valence-corrected chi connectivity index (χ2v) is 4.63. The minimum absolute atomic E-state index is 1.20. The molecule has 0 amide bonds. The van der Waals surface area contributed by atoms with Gasteiger partial charge < -0.3 is 0 Å². The van der Waals surface area contributed by atoms with Crippen LogP contribution in [0.25, 0.3) is 6.08 Å². The summed E-state index contributed by atoms with van der Waals surface area (Å²) in [4.78, 5) is 5.44. The molecule has 0 spiro atoms. The molecule has 0 bridgehead atoms. The van der Waals surface area contributed by atoms with Gasteiger partial charge in [0, 0.05) is 0 Å². The Kier molecular flexibility index (Phi) is 3.16. The molecule has 0 unspecified atom stereocenters. The number of anilines is 2. The Balaban J connectivity index is 3.32. The SMILES string of the molecule is C=Cc1sc(N(C)C)[n+](C)c1N(C)C. The molecule has 4 heteroatoms. The van der Waals surface area contributed by atoms with E-state index in [1.807, 2.05) is 6.08 Å². The molecule has 3 nitrogen and oxygen atoms in total. The van der Waals surface area contributed by atoms with Crippen LogP contribution < -0.4 is 14.4 Å². The van der Waals surface area contributed by atoms with Crippen LogP contribution in [-0.2, 0) is 7.05 Å². The fourth-order valence-electron chi connectivity index (χ4n) is 1.51. The van der Waals surface area contributed by atoms with Crippen molar-refractivity contribution in [2.45, 2.75) is 0 Å². The van der Waals surface area contributed by atoms with Crippen molar-refractivity contribution < 1.29 is 4.57 Å². The Bertz CT molecular complexity index is 339. The maximum Gasteiger partial charge on any atom is 0.282 e. The summed E-state index contributed by atoms with van der Waals surface area (Å²) in [5, 5.41) is 1.23. The van der Waals surface area contributed by atoms with Crippen molar-refractivity contribution in [3.8, 4) is 0 Å². The van der Waals surface area contributed by atoms with E-state index in [1.165, 1.54) is 15.8 Å². The molecule has 14 heavy (non-hydrogen) atoms. The first-order valence-electron chi connectivity index (χ1n) is 4.49. The first-order chi connectivity index (χ1) is 6.49. The third-order valence-electron chi connectivity index (χ3n) is 2.02. The highest BCUT2D eigenvalue weighted by atomic mass is 32.1. The Morgan fingerprint density at radius 3 is 2.07 bits per heavy atom. The molecular formula is C10H18N3S+. The van der Waals surface area contributed by atoms with Crippen LogP contribution in [-0.4, -0.2) is 28.2 Å². The van der Waals surface area contributed by atoms with Crippen molar-refractivity contribution in [2.75, 3.05) is 38.0 Å². The van der Waals surface area contributed by atoms with E-state index in [9.17, 15) is 0 Å². The molecule has 1 rings (SSSR count). The van der Waals surface area contributed by atoms with Crippen LogP contribution in [0.4, 0.5) is 10.9 Å². The highest BCUT2D eigenvalue weighted by Crippen LogP contribution is 2.28. The molecule has 0 saturated heterocycles. The molecule has 0 aliphatic heterocycles. The standard InChI is InChI=1S/C10H18N3S/c1-7-8-9(11(2)3)13(6)10(14-8)12(4)5/h7H,1H2,2-6H3/q+1. The molecule has 0 N–H and O–H groups in total. The monoisotopic (exact) mass is 212 g/mol. The van der Waals surface area contributed by atoms with Gasteiger partial charge in [-0.05, 0) is 6.08 Å². The first-order valence-corrected chi connectivity index (χ1v) is 5.30. The van der Waals surface area contributed by atoms with Crippen molar-refractivity contribution in [3.63, 3.8) is 0 Å². The van der Waals surface area contributed by atoms with Gasteiger partial charge in [-0.3, -0.25) is 9.80 Å². The summed E-state index contributed by atoms with van der Waals surface area (Å²) in [5.41, 5.74) is 0. The summed E-state index contributed by atoms with van der Waals surface area (Å²) in [7, 11) is 10.3. The Morgan fingerprint density at radius 2 is 1.79 bits per heavy atom. The van der Waals surface area contributed by atoms with Gasteiger partial charge in [0.1, 0.15) is 4.88 Å². The van der Waals surface area contributed by atoms with Crippen molar-refractivity contribution in [3.05, 3.63) is 11.5 Å². The van der Waals surface area contributed by atoms with Crippen LogP contribution in [0.1, 0.15) is 4.88 Å². The van der Waals surface area contributed by atoms with Crippen LogP contribution in [0.5, 0.6) is 0 Å². The summed E-state index contributed by atoms with van der Waals surface area (Å²) in [6.45, 7) is 3.84. The minimum Gasteiger partial charge on any atom is -0.297 e. The molecule has 0 aromatic carbocycles. The predicted molar refractivity (Wildman–Crippen MR) is 64.2 cm³/mol. The van der Waals surface area contributed by atoms with Crippen molar-refractivity contribution >= 4 is 28.4 Å². The number of hydrogen-bond donors (Lipinski definition) is 0. The summed E-state index contributed by atoms with van der Waals surface area (Å²) < 4.78 is 2.18. The van der Waals surface area contributed by atoms with Crippen LogP contribution in [0.3, 0.4) is 0 Å². The lowest BCUT2D eigenvalue weighted by molar-refractivity contribution is -0.641. The summed E-state index contributed by atoms with van der Waals surface area (Å²) in [6, 6.07) is 0. The highest BCUT2D eigenvalue weighted by molar-refractivity contribution is 7.16. The molecule has 0 saturated carbocycles. The molecule has 1 aromatic heterocycles. The van der Waals surface area contributed by atoms with E-state index in [0.29, 0.717) is 0 Å². The van der Waals surface area contributed by atoms with Crippen molar-refractivity contribution in [1.82, 2.24) is 0 Å². The lowest BCUT2D eigenvalue weighted by Gasteiger charge is -2.09. The fourth-order valence-corrected chi connectivity index (χ4v) is 2.61. The second kappa shape index (κ2) is 4.00. The lowest BCUT2D eigenvalue weighted by atomic mass is 10.4. The third-order valence-corrected chi connectivity index (χ3v) is 3.41. The normalized spacial score (nSPS) is 10.1. The van der Waals surface area contributed by atoms with Gasteiger partial charge in [-0.25, -0.2) is 4.57 Å². The van der Waals surface area contributed by atoms with E-state index in [-0.39, 0.29) is 0 Å². The topological polar surface area (TPSA) is 10.4 Å². The number of rotatable bonds is 3. The van der Waals surface area contributed by atoms with Gasteiger partial charge in [-0.15, -0.1) is 0 Å². The summed E-state index contributed by atoms with van der Waals surface area (Å²) >= 11 is 1.75. The molecule has 78 valence electrons. The average Bonchev–Trinajstić information content (AvgIpc) is 2.42. The summed E-state index contributed by atoms with van der Waals surface area (Å²) in [5.74, 6) is 1.20. The first kappa shape index (κ1) is 11.0. The Labute approximate surface area is 89.9 Å². The van der Waals surface area contributed by atoms with Gasteiger partial charge in [-0.1, -0.05) is 17.9 Å². The van der Waals surface area contributed by atoms with Crippen LogP contribution >= 0.6 is 11.3 Å². The molecule has 0 aliphatic carbocycles. The van der Waals surface area contributed by atoms with Gasteiger partial charge >= 0.3 is 0 Å². The highest BCUT2D eigenvalue weighted by Gasteiger charge is 2.21. The van der Waals surface area contributed by atoms with E-state index < -0.39 is 0 Å². The fraction of sp³-hybridized carbons (Fsp3) is 0.500. The number of aromatic nitrogens is 1. The second-order valence-electron chi connectivity index (χ2n) is 3.62. The van der Waals surface area contributed by atoms with Crippen molar-refractivity contribution in [1.29, 1.82) is 0 Å². The number of hydrogen-bond acceptors (Lipinski definition) is 3. The lowest BCUT2D eigenvalue weighted by Crippen LogP contribution is -2.38. The molecule has 1 heterocycles. The van der Waals surface area contributed by atoms with Crippen molar-refractivity contribution in [2.24, 2.45) is 7.05 Å². The zero-order valence-corrected chi connectivity index (χ0v) is 10.4. The van der Waals surface area contributed by atoms with E-state index in [1.54, 1.807) is 11.3 Å². The Morgan fingerprint density at radius 1 is 1.21 bits per heavy atom. The maximum absolute atomic E-state index is 3.84. The zero-order valence-electron chi connectivity index (χ0n) is 9.53. The largest absolute Gasteiger partial charge is 0.297 e. The molecular weight excluding hydrogens is 194 g/mol. The van der Waals surface area contributed by atoms with Gasteiger partial charge in [-0.2, -0.15) is 0 Å². The molecule has 0 fully saturated rings. The minimum atomic E-state index is 1.20. The Hall–Kier alpha value is -1.03. The molecule has 1 aromatic rings. The van der Waals surface area contributed by atoms with Gasteiger partial charge in [0.2, 0.25) is 5.82 Å². The predicted octanol–water partition coefficient (Wildman–Crippen LogP) is 1.35. The average molecular weight is 212 g/mol. The van der Waals surface area contributed by atoms with Gasteiger partial charge in [0.25, 0.3) is 5.13 Å². The third kappa shape index (κ3) is 1.75. The van der Waals surface area contributed by atoms with Crippen LogP contribution in [0.15, 0.2) is 6.58 Å². The number of nitrogens with zero attached hydrogens (tertiary/aromatic N) is 3.